The molecule has 0 aliphatic rings. The summed E-state index contributed by atoms with van der Waals surface area (Å²) in [6, 6.07) is 15.7. The average molecular weight is 390 g/mol. The maximum Gasteiger partial charge on any atom is 0.277 e. The zero-order valence-electron chi connectivity index (χ0n) is 15.7. The number of hydrogen-bond acceptors (Lipinski definition) is 6. The highest BCUT2D eigenvalue weighted by atomic mass is 32.1. The Labute approximate surface area is 166 Å². The second-order valence-corrected chi connectivity index (χ2v) is 7.69. The fraction of sp³-hybridized carbons (Fsp3) is 0.143. The standard InChI is InChI=1S/C21H18N4O2S/c1-12-9-10-16(11-13(12)2)17-20(25-27-24-17)23-21(26)18-19(28-14(3)22-18)15-7-5-4-6-8-15/h4-11H,1-3H3,(H,23,25,26). The van der Waals surface area contributed by atoms with Crippen LogP contribution in [0, 0.1) is 20.8 Å². The molecule has 1 amide bonds. The van der Waals surface area contributed by atoms with Crippen molar-refractivity contribution in [1.82, 2.24) is 15.3 Å². The van der Waals surface area contributed by atoms with E-state index in [1.807, 2.05) is 69.3 Å². The van der Waals surface area contributed by atoms with Crippen LogP contribution in [0.4, 0.5) is 5.82 Å². The Morgan fingerprint density at radius 1 is 0.964 bits per heavy atom. The molecule has 6 nitrogen and oxygen atoms in total. The van der Waals surface area contributed by atoms with Gasteiger partial charge in [-0.15, -0.1) is 11.3 Å². The molecule has 2 heterocycles. The SMILES string of the molecule is Cc1nc(C(=O)Nc2nonc2-c2ccc(C)c(C)c2)c(-c2ccccc2)s1. The van der Waals surface area contributed by atoms with Crippen LogP contribution in [0.15, 0.2) is 53.2 Å². The van der Waals surface area contributed by atoms with Gasteiger partial charge >= 0.3 is 0 Å². The Balaban J connectivity index is 1.66. The van der Waals surface area contributed by atoms with E-state index in [0.29, 0.717) is 11.4 Å². The number of nitrogens with zero attached hydrogens (tertiary/aromatic N) is 3. The Kier molecular flexibility index (Phi) is 4.75. The lowest BCUT2D eigenvalue weighted by Crippen LogP contribution is -2.14. The molecule has 0 spiro atoms. The predicted octanol–water partition coefficient (Wildman–Crippen LogP) is 5.04. The summed E-state index contributed by atoms with van der Waals surface area (Å²) in [4.78, 5) is 18.2. The van der Waals surface area contributed by atoms with Crippen LogP contribution < -0.4 is 5.32 Å². The summed E-state index contributed by atoms with van der Waals surface area (Å²) in [6.45, 7) is 5.94. The second-order valence-electron chi connectivity index (χ2n) is 6.49. The van der Waals surface area contributed by atoms with Gasteiger partial charge in [0.25, 0.3) is 5.91 Å². The largest absolute Gasteiger partial charge is 0.300 e. The number of amides is 1. The smallest absolute Gasteiger partial charge is 0.277 e. The first-order valence-corrected chi connectivity index (χ1v) is 9.59. The van der Waals surface area contributed by atoms with Gasteiger partial charge in [-0.2, -0.15) is 0 Å². The van der Waals surface area contributed by atoms with E-state index in [4.69, 9.17) is 4.63 Å². The monoisotopic (exact) mass is 390 g/mol. The Hall–Kier alpha value is -3.32. The van der Waals surface area contributed by atoms with Gasteiger partial charge < -0.3 is 5.32 Å². The van der Waals surface area contributed by atoms with Crippen LogP contribution in [0.3, 0.4) is 0 Å². The maximum atomic E-state index is 12.9. The van der Waals surface area contributed by atoms with Gasteiger partial charge in [-0.25, -0.2) is 9.61 Å². The molecule has 4 rings (SSSR count). The number of carbonyl (C=O) groups is 1. The maximum absolute atomic E-state index is 12.9. The highest BCUT2D eigenvalue weighted by Crippen LogP contribution is 2.31. The molecule has 28 heavy (non-hydrogen) atoms. The summed E-state index contributed by atoms with van der Waals surface area (Å²) in [5.74, 6) is -0.0677. The third-order valence-corrected chi connectivity index (χ3v) is 5.51. The molecular formula is C21H18N4O2S. The van der Waals surface area contributed by atoms with Crippen LogP contribution in [0.1, 0.15) is 26.6 Å². The van der Waals surface area contributed by atoms with Gasteiger partial charge in [0.1, 0.15) is 5.69 Å². The van der Waals surface area contributed by atoms with Gasteiger partial charge in [-0.1, -0.05) is 42.5 Å². The van der Waals surface area contributed by atoms with E-state index in [1.54, 1.807) is 0 Å². The molecule has 4 aromatic rings. The number of thiazole rings is 1. The Morgan fingerprint density at radius 3 is 2.50 bits per heavy atom. The van der Waals surface area contributed by atoms with Crippen LogP contribution in [0.2, 0.25) is 0 Å². The molecule has 0 saturated carbocycles. The van der Waals surface area contributed by atoms with E-state index < -0.39 is 0 Å². The predicted molar refractivity (Wildman–Crippen MR) is 109 cm³/mol. The third-order valence-electron chi connectivity index (χ3n) is 4.49. The number of carbonyl (C=O) groups excluding carboxylic acids is 1. The van der Waals surface area contributed by atoms with Crippen molar-refractivity contribution >= 4 is 23.1 Å². The van der Waals surface area contributed by atoms with Crippen molar-refractivity contribution in [2.24, 2.45) is 0 Å². The summed E-state index contributed by atoms with van der Waals surface area (Å²) < 4.78 is 4.89. The highest BCUT2D eigenvalue weighted by molar-refractivity contribution is 7.15. The van der Waals surface area contributed by atoms with Gasteiger partial charge in [-0.05, 0) is 53.8 Å². The molecule has 0 atom stereocenters. The van der Waals surface area contributed by atoms with Crippen molar-refractivity contribution in [3.05, 3.63) is 70.4 Å². The number of anilines is 1. The molecule has 7 heteroatoms. The zero-order valence-corrected chi connectivity index (χ0v) is 16.5. The fourth-order valence-electron chi connectivity index (χ4n) is 2.88. The van der Waals surface area contributed by atoms with E-state index in [2.05, 4.69) is 20.6 Å². The molecule has 0 aliphatic carbocycles. The van der Waals surface area contributed by atoms with Crippen LogP contribution in [0.5, 0.6) is 0 Å². The normalized spacial score (nSPS) is 10.8. The topological polar surface area (TPSA) is 80.9 Å². The lowest BCUT2D eigenvalue weighted by Gasteiger charge is -2.05. The van der Waals surface area contributed by atoms with Crippen molar-refractivity contribution in [2.75, 3.05) is 5.32 Å². The first-order chi connectivity index (χ1) is 13.5. The number of aryl methyl sites for hydroxylation is 3. The minimum Gasteiger partial charge on any atom is -0.300 e. The lowest BCUT2D eigenvalue weighted by atomic mass is 10.0. The van der Waals surface area contributed by atoms with E-state index in [-0.39, 0.29) is 11.7 Å². The summed E-state index contributed by atoms with van der Waals surface area (Å²) in [5, 5.41) is 11.5. The molecule has 2 aromatic carbocycles. The van der Waals surface area contributed by atoms with E-state index >= 15 is 0 Å². The van der Waals surface area contributed by atoms with Crippen molar-refractivity contribution in [1.29, 1.82) is 0 Å². The minimum atomic E-state index is -0.344. The molecule has 0 radical (unpaired) electrons. The fourth-order valence-corrected chi connectivity index (χ4v) is 3.80. The molecule has 2 aromatic heterocycles. The third kappa shape index (κ3) is 3.44. The number of aromatic nitrogens is 3. The minimum absolute atomic E-state index is 0.276. The molecular weight excluding hydrogens is 372 g/mol. The van der Waals surface area contributed by atoms with Crippen LogP contribution >= 0.6 is 11.3 Å². The highest BCUT2D eigenvalue weighted by Gasteiger charge is 2.22. The first kappa shape index (κ1) is 18.1. The van der Waals surface area contributed by atoms with Gasteiger partial charge in [0.2, 0.25) is 5.82 Å². The second kappa shape index (κ2) is 7.36. The quantitative estimate of drug-likeness (QED) is 0.528. The zero-order chi connectivity index (χ0) is 19.7. The van der Waals surface area contributed by atoms with Crippen LogP contribution in [-0.4, -0.2) is 21.2 Å². The molecule has 0 aliphatic heterocycles. The van der Waals surface area contributed by atoms with Gasteiger partial charge in [0.15, 0.2) is 5.69 Å². The lowest BCUT2D eigenvalue weighted by molar-refractivity contribution is 0.102. The molecule has 0 unspecified atom stereocenters. The van der Waals surface area contributed by atoms with Crippen molar-refractivity contribution < 1.29 is 9.42 Å². The molecule has 0 fully saturated rings. The van der Waals surface area contributed by atoms with Crippen molar-refractivity contribution in [3.8, 4) is 21.7 Å². The van der Waals surface area contributed by atoms with Gasteiger partial charge in [-0.3, -0.25) is 4.79 Å². The molecule has 140 valence electrons. The van der Waals surface area contributed by atoms with Crippen molar-refractivity contribution in [2.45, 2.75) is 20.8 Å². The average Bonchev–Trinajstić information content (AvgIpc) is 3.31. The van der Waals surface area contributed by atoms with Crippen molar-refractivity contribution in [3.63, 3.8) is 0 Å². The summed E-state index contributed by atoms with van der Waals surface area (Å²) in [5.41, 5.74) is 4.94. The van der Waals surface area contributed by atoms with Crippen LogP contribution in [-0.2, 0) is 0 Å². The number of nitrogens with one attached hydrogen (secondary N) is 1. The van der Waals surface area contributed by atoms with Gasteiger partial charge in [0, 0.05) is 5.56 Å². The molecule has 0 saturated heterocycles. The Morgan fingerprint density at radius 2 is 1.75 bits per heavy atom. The first-order valence-electron chi connectivity index (χ1n) is 8.77. The number of rotatable bonds is 4. The number of benzene rings is 2. The Bertz CT molecular complexity index is 1150. The van der Waals surface area contributed by atoms with E-state index in [9.17, 15) is 4.79 Å². The van der Waals surface area contributed by atoms with Gasteiger partial charge in [0.05, 0.1) is 9.88 Å². The molecule has 1 N–H and O–H groups in total. The van der Waals surface area contributed by atoms with E-state index in [1.165, 1.54) is 16.9 Å². The molecule has 0 bridgehead atoms. The number of hydrogen-bond donors (Lipinski definition) is 1. The summed E-state index contributed by atoms with van der Waals surface area (Å²) >= 11 is 1.48. The van der Waals surface area contributed by atoms with Crippen LogP contribution in [0.25, 0.3) is 21.7 Å². The summed E-state index contributed by atoms with van der Waals surface area (Å²) in [7, 11) is 0. The summed E-state index contributed by atoms with van der Waals surface area (Å²) in [6.07, 6.45) is 0. The van der Waals surface area contributed by atoms with E-state index in [0.717, 1.165) is 26.6 Å².